The molecule has 0 radical (unpaired) electrons. The van der Waals surface area contributed by atoms with Crippen molar-refractivity contribution in [3.05, 3.63) is 102 Å². The Labute approximate surface area is 149 Å². The maximum absolute atomic E-state index is 12.6. The van der Waals surface area contributed by atoms with E-state index in [1.165, 1.54) is 0 Å². The maximum atomic E-state index is 12.6. The molecule has 0 amide bonds. The Hall–Kier alpha value is -2.69. The zero-order valence-corrected chi connectivity index (χ0v) is 14.4. The Kier molecular flexibility index (Phi) is 5.43. The molecule has 3 rings (SSSR count). The van der Waals surface area contributed by atoms with E-state index in [1.807, 2.05) is 36.4 Å². The van der Waals surface area contributed by atoms with Crippen LogP contribution in [0.15, 0.2) is 101 Å². The third-order valence-electron chi connectivity index (χ3n) is 3.65. The van der Waals surface area contributed by atoms with Gasteiger partial charge in [0.25, 0.3) is 0 Å². The molecule has 0 aromatic heterocycles. The minimum Gasteiger partial charge on any atom is -0.457 e. The number of ether oxygens (including phenoxy) is 1. The first kappa shape index (κ1) is 17.1. The van der Waals surface area contributed by atoms with Crippen molar-refractivity contribution in [3.63, 3.8) is 0 Å². The van der Waals surface area contributed by atoms with Crippen molar-refractivity contribution in [1.29, 1.82) is 0 Å². The van der Waals surface area contributed by atoms with Gasteiger partial charge in [0.1, 0.15) is 17.6 Å². The molecule has 0 bridgehead atoms. The van der Waals surface area contributed by atoms with E-state index >= 15 is 0 Å². The first-order chi connectivity index (χ1) is 12.1. The highest BCUT2D eigenvalue weighted by Crippen LogP contribution is 2.30. The van der Waals surface area contributed by atoms with Crippen LogP contribution in [0.3, 0.4) is 0 Å². The summed E-state index contributed by atoms with van der Waals surface area (Å²) in [5.74, 6) is 1.31. The van der Waals surface area contributed by atoms with Gasteiger partial charge in [-0.25, -0.2) is 4.21 Å². The van der Waals surface area contributed by atoms with Crippen LogP contribution >= 0.6 is 0 Å². The average Bonchev–Trinajstić information content (AvgIpc) is 2.68. The van der Waals surface area contributed by atoms with E-state index in [-0.39, 0.29) is 4.91 Å². The molecule has 3 nitrogen and oxygen atoms in total. The third-order valence-corrected chi connectivity index (χ3v) is 5.05. The summed E-state index contributed by atoms with van der Waals surface area (Å²) in [6, 6.07) is 25.4. The van der Waals surface area contributed by atoms with E-state index in [2.05, 4.69) is 6.58 Å². The minimum absolute atomic E-state index is 0.239. The van der Waals surface area contributed by atoms with Gasteiger partial charge in [0.05, 0.1) is 10.8 Å². The fourth-order valence-corrected chi connectivity index (χ4v) is 3.40. The lowest BCUT2D eigenvalue weighted by molar-refractivity contribution is 0.224. The number of hydrogen-bond acceptors (Lipinski definition) is 3. The Bertz CT molecular complexity index is 876. The van der Waals surface area contributed by atoms with Crippen LogP contribution < -0.4 is 4.74 Å². The standard InChI is InChI=1S/C21H18O3S/c1-16(25(23)20-13-6-3-7-14-20)21(22)17-9-8-12-19(15-17)24-18-10-4-2-5-11-18/h2-15,21-22H,1H2. The highest BCUT2D eigenvalue weighted by Gasteiger charge is 2.19. The van der Waals surface area contributed by atoms with Gasteiger partial charge in [0.15, 0.2) is 0 Å². The van der Waals surface area contributed by atoms with Crippen molar-refractivity contribution < 1.29 is 14.1 Å². The van der Waals surface area contributed by atoms with Gasteiger partial charge in [-0.3, -0.25) is 0 Å². The topological polar surface area (TPSA) is 46.5 Å². The zero-order chi connectivity index (χ0) is 17.6. The lowest BCUT2D eigenvalue weighted by Gasteiger charge is -2.15. The predicted molar refractivity (Wildman–Crippen MR) is 99.9 cm³/mol. The molecule has 0 fully saturated rings. The molecule has 0 aliphatic heterocycles. The summed E-state index contributed by atoms with van der Waals surface area (Å²) >= 11 is 0. The van der Waals surface area contributed by atoms with E-state index in [4.69, 9.17) is 4.74 Å². The number of aliphatic hydroxyl groups is 1. The molecule has 1 N–H and O–H groups in total. The number of aliphatic hydroxyl groups excluding tert-OH is 1. The van der Waals surface area contributed by atoms with Gasteiger partial charge < -0.3 is 9.84 Å². The first-order valence-electron chi connectivity index (χ1n) is 7.82. The van der Waals surface area contributed by atoms with Crippen molar-refractivity contribution in [2.45, 2.75) is 11.0 Å². The molecule has 2 unspecified atom stereocenters. The van der Waals surface area contributed by atoms with E-state index in [0.29, 0.717) is 22.0 Å². The summed E-state index contributed by atoms with van der Waals surface area (Å²) in [7, 11) is -1.49. The Balaban J connectivity index is 1.78. The molecule has 0 spiro atoms. The van der Waals surface area contributed by atoms with E-state index < -0.39 is 16.9 Å². The van der Waals surface area contributed by atoms with Crippen LogP contribution in [-0.2, 0) is 10.8 Å². The molecule has 0 saturated carbocycles. The van der Waals surface area contributed by atoms with Crippen LogP contribution in [0.25, 0.3) is 0 Å². The lowest BCUT2D eigenvalue weighted by Crippen LogP contribution is -2.06. The smallest absolute Gasteiger partial charge is 0.127 e. The summed E-state index contributed by atoms with van der Waals surface area (Å²) in [5, 5.41) is 10.6. The normalized spacial score (nSPS) is 13.0. The van der Waals surface area contributed by atoms with E-state index in [0.717, 1.165) is 0 Å². The van der Waals surface area contributed by atoms with Gasteiger partial charge in [-0.1, -0.05) is 55.1 Å². The van der Waals surface area contributed by atoms with Gasteiger partial charge in [-0.2, -0.15) is 0 Å². The van der Waals surface area contributed by atoms with Crippen LogP contribution in [0.4, 0.5) is 0 Å². The number of hydrogen-bond donors (Lipinski definition) is 1. The Morgan fingerprint density at radius 2 is 1.48 bits per heavy atom. The molecule has 3 aromatic carbocycles. The van der Waals surface area contributed by atoms with Gasteiger partial charge in [-0.05, 0) is 42.0 Å². The second-order valence-corrected chi connectivity index (χ2v) is 6.97. The van der Waals surface area contributed by atoms with Gasteiger partial charge >= 0.3 is 0 Å². The third kappa shape index (κ3) is 4.24. The molecule has 2 atom stereocenters. The molecular weight excluding hydrogens is 332 g/mol. The molecular formula is C21H18O3S. The number of rotatable bonds is 6. The molecule has 0 saturated heterocycles. The van der Waals surface area contributed by atoms with Crippen LogP contribution in [0, 0.1) is 0 Å². The SMILES string of the molecule is C=C(C(O)c1cccc(Oc2ccccc2)c1)S(=O)c1ccccc1. The van der Waals surface area contributed by atoms with Crippen molar-refractivity contribution in [1.82, 2.24) is 0 Å². The molecule has 126 valence electrons. The van der Waals surface area contributed by atoms with Gasteiger partial charge in [0.2, 0.25) is 0 Å². The highest BCUT2D eigenvalue weighted by atomic mass is 32.2. The number of benzene rings is 3. The van der Waals surface area contributed by atoms with Gasteiger partial charge in [-0.15, -0.1) is 0 Å². The summed E-state index contributed by atoms with van der Waals surface area (Å²) in [6.07, 6.45) is -1.04. The molecule has 3 aromatic rings. The summed E-state index contributed by atoms with van der Waals surface area (Å²) in [5.41, 5.74) is 0.586. The Morgan fingerprint density at radius 1 is 0.880 bits per heavy atom. The second-order valence-electron chi connectivity index (χ2n) is 5.44. The predicted octanol–water partition coefficient (Wildman–Crippen LogP) is 4.83. The maximum Gasteiger partial charge on any atom is 0.127 e. The van der Waals surface area contributed by atoms with E-state index in [1.54, 1.807) is 48.5 Å². The first-order valence-corrected chi connectivity index (χ1v) is 8.96. The van der Waals surface area contributed by atoms with Crippen molar-refractivity contribution in [3.8, 4) is 11.5 Å². The largest absolute Gasteiger partial charge is 0.457 e. The van der Waals surface area contributed by atoms with Gasteiger partial charge in [0, 0.05) is 9.80 Å². The van der Waals surface area contributed by atoms with E-state index in [9.17, 15) is 9.32 Å². The highest BCUT2D eigenvalue weighted by molar-refractivity contribution is 7.89. The molecule has 0 aliphatic carbocycles. The molecule has 0 aliphatic rings. The van der Waals surface area contributed by atoms with Crippen molar-refractivity contribution in [2.24, 2.45) is 0 Å². The van der Waals surface area contributed by atoms with Crippen molar-refractivity contribution in [2.75, 3.05) is 0 Å². The van der Waals surface area contributed by atoms with Crippen LogP contribution in [0.1, 0.15) is 11.7 Å². The zero-order valence-electron chi connectivity index (χ0n) is 13.5. The average molecular weight is 350 g/mol. The monoisotopic (exact) mass is 350 g/mol. The summed E-state index contributed by atoms with van der Waals surface area (Å²) in [4.78, 5) is 0.853. The van der Waals surface area contributed by atoms with Crippen LogP contribution in [0.2, 0.25) is 0 Å². The molecule has 0 heterocycles. The fraction of sp³-hybridized carbons (Fsp3) is 0.0476. The molecule has 25 heavy (non-hydrogen) atoms. The van der Waals surface area contributed by atoms with Crippen LogP contribution in [0.5, 0.6) is 11.5 Å². The summed E-state index contributed by atoms with van der Waals surface area (Å²) in [6.45, 7) is 3.83. The minimum atomic E-state index is -1.49. The van der Waals surface area contributed by atoms with Crippen molar-refractivity contribution >= 4 is 10.8 Å². The lowest BCUT2D eigenvalue weighted by atomic mass is 10.1. The quantitative estimate of drug-likeness (QED) is 0.692. The molecule has 4 heteroatoms. The Morgan fingerprint density at radius 3 is 2.16 bits per heavy atom. The fourth-order valence-electron chi connectivity index (χ4n) is 2.36. The van der Waals surface area contributed by atoms with Crippen LogP contribution in [-0.4, -0.2) is 9.32 Å². The number of para-hydroxylation sites is 1. The summed E-state index contributed by atoms with van der Waals surface area (Å²) < 4.78 is 18.3. The second kappa shape index (κ2) is 7.92.